The number of nitrogens with zero attached hydrogens (tertiary/aromatic N) is 1. The Morgan fingerprint density at radius 1 is 1.23 bits per heavy atom. The Kier molecular flexibility index (Phi) is 5.08. The van der Waals surface area contributed by atoms with Crippen molar-refractivity contribution in [2.75, 3.05) is 16.8 Å². The number of carbonyl (C=O) groups excluding carboxylic acids is 3. The van der Waals surface area contributed by atoms with Crippen LogP contribution in [0.25, 0.3) is 0 Å². The molecule has 0 aromatic heterocycles. The van der Waals surface area contributed by atoms with E-state index in [0.29, 0.717) is 23.4 Å². The number of primary amides is 1. The maximum atomic E-state index is 12.5. The van der Waals surface area contributed by atoms with E-state index in [4.69, 9.17) is 5.73 Å². The number of hydrogen-bond donors (Lipinski definition) is 2. The molecule has 0 radical (unpaired) electrons. The summed E-state index contributed by atoms with van der Waals surface area (Å²) in [5, 5.41) is 2.82. The number of aryl methyl sites for hydroxylation is 1. The van der Waals surface area contributed by atoms with Gasteiger partial charge in [-0.15, -0.1) is 0 Å². The molecule has 3 N–H and O–H groups in total. The second kappa shape index (κ2) is 7.29. The van der Waals surface area contributed by atoms with Crippen molar-refractivity contribution in [3.05, 3.63) is 58.1 Å². The minimum absolute atomic E-state index is 0.0801. The standard InChI is InChI=1S/C19H18BrN3O3/c1-11-7-14(5-6-16(11)18(21)25)22-19(26)12-8-17(24)23(10-12)15-4-2-3-13(20)9-15/h2-7,9,12H,8,10H2,1H3,(H2,21,25)(H,22,26). The van der Waals surface area contributed by atoms with Gasteiger partial charge in [0, 0.05) is 34.4 Å². The summed E-state index contributed by atoms with van der Waals surface area (Å²) >= 11 is 3.39. The monoisotopic (exact) mass is 415 g/mol. The van der Waals surface area contributed by atoms with Gasteiger partial charge in [-0.1, -0.05) is 22.0 Å². The zero-order valence-corrected chi connectivity index (χ0v) is 15.7. The number of rotatable bonds is 4. The first-order valence-electron chi connectivity index (χ1n) is 8.12. The summed E-state index contributed by atoms with van der Waals surface area (Å²) in [5.74, 6) is -1.24. The Morgan fingerprint density at radius 2 is 2.00 bits per heavy atom. The largest absolute Gasteiger partial charge is 0.366 e. The topological polar surface area (TPSA) is 92.5 Å². The van der Waals surface area contributed by atoms with Gasteiger partial charge >= 0.3 is 0 Å². The quantitative estimate of drug-likeness (QED) is 0.803. The van der Waals surface area contributed by atoms with Crippen LogP contribution in [0, 0.1) is 12.8 Å². The molecule has 3 rings (SSSR count). The Hall–Kier alpha value is -2.67. The van der Waals surface area contributed by atoms with Gasteiger partial charge in [0.1, 0.15) is 0 Å². The Morgan fingerprint density at radius 3 is 2.65 bits per heavy atom. The third kappa shape index (κ3) is 3.77. The smallest absolute Gasteiger partial charge is 0.248 e. The molecule has 1 aliphatic heterocycles. The Bertz CT molecular complexity index is 897. The van der Waals surface area contributed by atoms with E-state index in [1.165, 1.54) is 0 Å². The van der Waals surface area contributed by atoms with Gasteiger partial charge in [0.15, 0.2) is 0 Å². The lowest BCUT2D eigenvalue weighted by Gasteiger charge is -2.17. The third-order valence-corrected chi connectivity index (χ3v) is 4.87. The van der Waals surface area contributed by atoms with Crippen molar-refractivity contribution < 1.29 is 14.4 Å². The predicted molar refractivity (Wildman–Crippen MR) is 103 cm³/mol. The third-order valence-electron chi connectivity index (χ3n) is 4.38. The normalized spacial score (nSPS) is 16.6. The number of nitrogens with two attached hydrogens (primary N) is 1. The molecule has 1 saturated heterocycles. The fraction of sp³-hybridized carbons (Fsp3) is 0.211. The highest BCUT2D eigenvalue weighted by Gasteiger charge is 2.35. The molecule has 6 nitrogen and oxygen atoms in total. The van der Waals surface area contributed by atoms with Gasteiger partial charge in [-0.05, 0) is 48.9 Å². The van der Waals surface area contributed by atoms with E-state index < -0.39 is 11.8 Å². The van der Waals surface area contributed by atoms with E-state index in [1.807, 2.05) is 24.3 Å². The van der Waals surface area contributed by atoms with Gasteiger partial charge in [-0.25, -0.2) is 0 Å². The van der Waals surface area contributed by atoms with E-state index in [2.05, 4.69) is 21.2 Å². The maximum Gasteiger partial charge on any atom is 0.248 e. The molecular weight excluding hydrogens is 398 g/mol. The molecular formula is C19H18BrN3O3. The predicted octanol–water partition coefficient (Wildman–Crippen LogP) is 2.85. The highest BCUT2D eigenvalue weighted by molar-refractivity contribution is 9.10. The number of halogens is 1. The van der Waals surface area contributed by atoms with E-state index >= 15 is 0 Å². The van der Waals surface area contributed by atoms with E-state index in [1.54, 1.807) is 30.0 Å². The van der Waals surface area contributed by atoms with Crippen LogP contribution < -0.4 is 16.0 Å². The molecule has 0 aliphatic carbocycles. The molecule has 2 aromatic carbocycles. The molecule has 2 aromatic rings. The molecule has 1 aliphatic rings. The molecule has 1 heterocycles. The number of benzene rings is 2. The summed E-state index contributed by atoms with van der Waals surface area (Å²) in [6.07, 6.45) is 0.163. The van der Waals surface area contributed by atoms with E-state index in [-0.39, 0.29) is 18.2 Å². The summed E-state index contributed by atoms with van der Waals surface area (Å²) in [6, 6.07) is 12.3. The fourth-order valence-electron chi connectivity index (χ4n) is 3.04. The van der Waals surface area contributed by atoms with Gasteiger partial charge < -0.3 is 16.0 Å². The van der Waals surface area contributed by atoms with E-state index in [9.17, 15) is 14.4 Å². The zero-order chi connectivity index (χ0) is 18.8. The van der Waals surface area contributed by atoms with Crippen molar-refractivity contribution in [2.24, 2.45) is 11.7 Å². The van der Waals surface area contributed by atoms with Gasteiger partial charge in [0.25, 0.3) is 0 Å². The van der Waals surface area contributed by atoms with Crippen molar-refractivity contribution in [3.63, 3.8) is 0 Å². The van der Waals surface area contributed by atoms with Crippen LogP contribution in [0.5, 0.6) is 0 Å². The number of amides is 3. The molecule has 134 valence electrons. The van der Waals surface area contributed by atoms with Crippen molar-refractivity contribution in [1.82, 2.24) is 0 Å². The van der Waals surface area contributed by atoms with Crippen molar-refractivity contribution in [2.45, 2.75) is 13.3 Å². The maximum absolute atomic E-state index is 12.5. The molecule has 26 heavy (non-hydrogen) atoms. The average molecular weight is 416 g/mol. The highest BCUT2D eigenvalue weighted by Crippen LogP contribution is 2.28. The molecule has 0 spiro atoms. The summed E-state index contributed by atoms with van der Waals surface area (Å²) in [5.41, 5.74) is 7.73. The average Bonchev–Trinajstić information content (AvgIpc) is 2.96. The van der Waals surface area contributed by atoms with Crippen LogP contribution in [0.3, 0.4) is 0 Å². The number of hydrogen-bond acceptors (Lipinski definition) is 3. The van der Waals surface area contributed by atoms with Crippen molar-refractivity contribution >= 4 is 45.0 Å². The Balaban J connectivity index is 1.70. The number of anilines is 2. The molecule has 1 atom stereocenters. The van der Waals surface area contributed by atoms with Crippen LogP contribution in [0.2, 0.25) is 0 Å². The van der Waals surface area contributed by atoms with E-state index in [0.717, 1.165) is 10.2 Å². The summed E-state index contributed by atoms with van der Waals surface area (Å²) in [7, 11) is 0. The Labute approximate surface area is 159 Å². The first-order chi connectivity index (χ1) is 12.3. The molecule has 1 unspecified atom stereocenters. The van der Waals surface area contributed by atoms with Gasteiger partial charge in [-0.2, -0.15) is 0 Å². The van der Waals surface area contributed by atoms with Crippen LogP contribution in [-0.4, -0.2) is 24.3 Å². The molecule has 7 heteroatoms. The van der Waals surface area contributed by atoms with Crippen molar-refractivity contribution in [3.8, 4) is 0 Å². The minimum atomic E-state index is -0.508. The molecule has 0 saturated carbocycles. The van der Waals surface area contributed by atoms with Crippen LogP contribution >= 0.6 is 15.9 Å². The summed E-state index contributed by atoms with van der Waals surface area (Å²) < 4.78 is 0.876. The van der Waals surface area contributed by atoms with Gasteiger partial charge in [0.2, 0.25) is 17.7 Å². The minimum Gasteiger partial charge on any atom is -0.366 e. The highest BCUT2D eigenvalue weighted by atomic mass is 79.9. The lowest BCUT2D eigenvalue weighted by molar-refractivity contribution is -0.122. The second-order valence-corrected chi connectivity index (χ2v) is 7.18. The van der Waals surface area contributed by atoms with Crippen LogP contribution in [0.1, 0.15) is 22.3 Å². The van der Waals surface area contributed by atoms with Gasteiger partial charge in [-0.3, -0.25) is 14.4 Å². The fourth-order valence-corrected chi connectivity index (χ4v) is 3.43. The molecule has 3 amide bonds. The molecule has 0 bridgehead atoms. The van der Waals surface area contributed by atoms with Gasteiger partial charge in [0.05, 0.1) is 5.92 Å². The van der Waals surface area contributed by atoms with Crippen LogP contribution in [-0.2, 0) is 9.59 Å². The number of carbonyl (C=O) groups is 3. The van der Waals surface area contributed by atoms with Crippen LogP contribution in [0.15, 0.2) is 46.9 Å². The first kappa shape index (κ1) is 18.1. The number of nitrogens with one attached hydrogen (secondary N) is 1. The molecule has 1 fully saturated rings. The second-order valence-electron chi connectivity index (χ2n) is 6.27. The summed E-state index contributed by atoms with van der Waals surface area (Å²) in [4.78, 5) is 37.8. The summed E-state index contributed by atoms with van der Waals surface area (Å²) in [6.45, 7) is 2.09. The SMILES string of the molecule is Cc1cc(NC(=O)C2CC(=O)N(c3cccc(Br)c3)C2)ccc1C(N)=O. The van der Waals surface area contributed by atoms with Crippen LogP contribution in [0.4, 0.5) is 11.4 Å². The lowest BCUT2D eigenvalue weighted by atomic mass is 10.1. The lowest BCUT2D eigenvalue weighted by Crippen LogP contribution is -2.28. The zero-order valence-electron chi connectivity index (χ0n) is 14.2. The van der Waals surface area contributed by atoms with Crippen molar-refractivity contribution in [1.29, 1.82) is 0 Å². The first-order valence-corrected chi connectivity index (χ1v) is 8.91.